The summed E-state index contributed by atoms with van der Waals surface area (Å²) in [6, 6.07) is 10.9. The molecular weight excluding hydrogens is 228 g/mol. The van der Waals surface area contributed by atoms with Crippen LogP contribution >= 0.6 is 0 Å². The van der Waals surface area contributed by atoms with Gasteiger partial charge in [0.1, 0.15) is 0 Å². The number of aromatic hydroxyl groups is 1. The van der Waals surface area contributed by atoms with Crippen LogP contribution in [0.3, 0.4) is 0 Å². The lowest BCUT2D eigenvalue weighted by Crippen LogP contribution is -2.07. The van der Waals surface area contributed by atoms with Crippen molar-refractivity contribution < 1.29 is 5.11 Å². The van der Waals surface area contributed by atoms with E-state index in [4.69, 9.17) is 0 Å². The van der Waals surface area contributed by atoms with Gasteiger partial charge in [-0.2, -0.15) is 10.2 Å². The molecule has 0 unspecified atom stereocenters. The van der Waals surface area contributed by atoms with Crippen LogP contribution in [-0.4, -0.2) is 24.2 Å². The third-order valence-corrected chi connectivity index (χ3v) is 2.38. The van der Waals surface area contributed by atoms with Crippen LogP contribution in [-0.2, 0) is 0 Å². The number of hydrogen-bond acceptors (Lipinski definition) is 5. The number of azo groups is 1. The molecule has 18 heavy (non-hydrogen) atoms. The number of anilines is 1. The first-order valence-electron chi connectivity index (χ1n) is 5.49. The van der Waals surface area contributed by atoms with Crippen molar-refractivity contribution in [3.8, 4) is 5.88 Å². The molecule has 0 amide bonds. The van der Waals surface area contributed by atoms with E-state index in [-0.39, 0.29) is 5.88 Å². The smallest absolute Gasteiger partial charge is 0.212 e. The van der Waals surface area contributed by atoms with E-state index < -0.39 is 0 Å². The van der Waals surface area contributed by atoms with Gasteiger partial charge >= 0.3 is 0 Å². The van der Waals surface area contributed by atoms with E-state index in [1.165, 1.54) is 12.3 Å². The molecule has 1 aromatic heterocycles. The van der Waals surface area contributed by atoms with E-state index in [9.17, 15) is 5.11 Å². The first-order chi connectivity index (χ1) is 8.65. The van der Waals surface area contributed by atoms with Crippen LogP contribution in [0, 0.1) is 0 Å². The minimum atomic E-state index is -0.0607. The average molecular weight is 242 g/mol. The Bertz CT molecular complexity index is 549. The summed E-state index contributed by atoms with van der Waals surface area (Å²) in [7, 11) is 3.96. The van der Waals surface area contributed by atoms with Crippen molar-refractivity contribution in [1.29, 1.82) is 0 Å². The molecule has 0 spiro atoms. The summed E-state index contributed by atoms with van der Waals surface area (Å²) >= 11 is 0. The summed E-state index contributed by atoms with van der Waals surface area (Å²) in [6.45, 7) is 0. The predicted octanol–water partition coefficient (Wildman–Crippen LogP) is 3.27. The van der Waals surface area contributed by atoms with Crippen LogP contribution in [0.25, 0.3) is 0 Å². The van der Waals surface area contributed by atoms with Gasteiger partial charge in [-0.3, -0.25) is 0 Å². The number of rotatable bonds is 3. The molecule has 5 heteroatoms. The van der Waals surface area contributed by atoms with Crippen molar-refractivity contribution in [3.05, 3.63) is 42.6 Å². The molecule has 0 saturated heterocycles. The van der Waals surface area contributed by atoms with Crippen molar-refractivity contribution >= 4 is 17.1 Å². The van der Waals surface area contributed by atoms with Crippen LogP contribution in [0.4, 0.5) is 17.1 Å². The lowest BCUT2D eigenvalue weighted by atomic mass is 10.3. The molecule has 0 bridgehead atoms. The molecule has 92 valence electrons. The molecule has 0 aliphatic rings. The maximum Gasteiger partial charge on any atom is 0.212 e. The second-order valence-corrected chi connectivity index (χ2v) is 3.98. The van der Waals surface area contributed by atoms with E-state index in [1.54, 1.807) is 6.07 Å². The highest BCUT2D eigenvalue weighted by atomic mass is 16.3. The van der Waals surface area contributed by atoms with Gasteiger partial charge in [0.2, 0.25) is 5.88 Å². The first-order valence-corrected chi connectivity index (χ1v) is 5.49. The zero-order valence-electron chi connectivity index (χ0n) is 10.3. The van der Waals surface area contributed by atoms with Crippen molar-refractivity contribution in [2.24, 2.45) is 10.2 Å². The summed E-state index contributed by atoms with van der Waals surface area (Å²) in [5, 5.41) is 17.3. The fraction of sp³-hybridized carbons (Fsp3) is 0.154. The molecule has 0 atom stereocenters. The lowest BCUT2D eigenvalue weighted by molar-refractivity contribution is 0.453. The van der Waals surface area contributed by atoms with Gasteiger partial charge in [0, 0.05) is 32.0 Å². The largest absolute Gasteiger partial charge is 0.493 e. The minimum absolute atomic E-state index is 0.0607. The van der Waals surface area contributed by atoms with Gasteiger partial charge in [0.05, 0.1) is 11.4 Å². The maximum atomic E-state index is 9.19. The molecule has 0 aliphatic heterocycles. The lowest BCUT2D eigenvalue weighted by Gasteiger charge is -2.11. The van der Waals surface area contributed by atoms with Gasteiger partial charge in [-0.15, -0.1) is 0 Å². The number of pyridine rings is 1. The Labute approximate surface area is 105 Å². The van der Waals surface area contributed by atoms with Crippen LogP contribution in [0.5, 0.6) is 5.88 Å². The van der Waals surface area contributed by atoms with E-state index in [2.05, 4.69) is 15.2 Å². The summed E-state index contributed by atoms with van der Waals surface area (Å²) in [6.07, 6.45) is 1.48. The predicted molar refractivity (Wildman–Crippen MR) is 70.8 cm³/mol. The zero-order valence-corrected chi connectivity index (χ0v) is 10.3. The van der Waals surface area contributed by atoms with Crippen molar-refractivity contribution in [2.75, 3.05) is 19.0 Å². The van der Waals surface area contributed by atoms with Gasteiger partial charge in [0.15, 0.2) is 0 Å². The number of aromatic nitrogens is 1. The van der Waals surface area contributed by atoms with Crippen LogP contribution in [0.2, 0.25) is 0 Å². The van der Waals surface area contributed by atoms with Gasteiger partial charge in [-0.25, -0.2) is 4.98 Å². The highest BCUT2D eigenvalue weighted by Crippen LogP contribution is 2.22. The van der Waals surface area contributed by atoms with Gasteiger partial charge in [-0.05, 0) is 30.3 Å². The summed E-state index contributed by atoms with van der Waals surface area (Å²) in [4.78, 5) is 5.69. The molecule has 1 N–H and O–H groups in total. The summed E-state index contributed by atoms with van der Waals surface area (Å²) < 4.78 is 0. The standard InChI is InChI=1S/C13H14N4O/c1-17(2)12-5-3-10(4-6-12)15-16-11-7-8-14-13(18)9-11/h3-9H,1-2H3,(H,14,18)/b16-15+. The fourth-order valence-electron chi connectivity index (χ4n) is 1.40. The topological polar surface area (TPSA) is 61.1 Å². The third-order valence-electron chi connectivity index (χ3n) is 2.38. The molecule has 2 aromatic rings. The Balaban J connectivity index is 2.14. The normalized spacial score (nSPS) is 10.8. The van der Waals surface area contributed by atoms with Gasteiger partial charge in [0.25, 0.3) is 0 Å². The molecular formula is C13H14N4O. The molecule has 1 aromatic carbocycles. The maximum absolute atomic E-state index is 9.19. The van der Waals surface area contributed by atoms with Gasteiger partial charge < -0.3 is 10.0 Å². The van der Waals surface area contributed by atoms with Crippen LogP contribution in [0.1, 0.15) is 0 Å². The summed E-state index contributed by atoms with van der Waals surface area (Å²) in [5.74, 6) is -0.0607. The third kappa shape index (κ3) is 3.04. The van der Waals surface area contributed by atoms with Crippen molar-refractivity contribution in [1.82, 2.24) is 4.98 Å². The van der Waals surface area contributed by atoms with Crippen molar-refractivity contribution in [3.63, 3.8) is 0 Å². The van der Waals surface area contributed by atoms with E-state index in [1.807, 2.05) is 43.3 Å². The monoisotopic (exact) mass is 242 g/mol. The number of benzene rings is 1. The first kappa shape index (κ1) is 12.0. The molecule has 2 rings (SSSR count). The SMILES string of the molecule is CN(C)c1ccc(/N=N/c2ccnc(O)c2)cc1. The Kier molecular flexibility index (Phi) is 3.52. The summed E-state index contributed by atoms with van der Waals surface area (Å²) in [5.41, 5.74) is 2.44. The molecule has 0 aliphatic carbocycles. The van der Waals surface area contributed by atoms with Crippen LogP contribution in [0.15, 0.2) is 52.8 Å². The second-order valence-electron chi connectivity index (χ2n) is 3.98. The highest BCUT2D eigenvalue weighted by molar-refractivity contribution is 5.52. The molecule has 1 heterocycles. The zero-order chi connectivity index (χ0) is 13.0. The van der Waals surface area contributed by atoms with E-state index in [0.29, 0.717) is 5.69 Å². The Morgan fingerprint density at radius 1 is 1.00 bits per heavy atom. The molecule has 0 saturated carbocycles. The molecule has 0 fully saturated rings. The minimum Gasteiger partial charge on any atom is -0.493 e. The quantitative estimate of drug-likeness (QED) is 0.840. The Morgan fingerprint density at radius 3 is 2.28 bits per heavy atom. The second kappa shape index (κ2) is 5.27. The molecule has 0 radical (unpaired) electrons. The van der Waals surface area contributed by atoms with Crippen molar-refractivity contribution in [2.45, 2.75) is 0 Å². The highest BCUT2D eigenvalue weighted by Gasteiger charge is 1.96. The molecule has 5 nitrogen and oxygen atoms in total. The average Bonchev–Trinajstić information content (AvgIpc) is 2.37. The number of hydrogen-bond donors (Lipinski definition) is 1. The fourth-order valence-corrected chi connectivity index (χ4v) is 1.40. The number of nitrogens with zero attached hydrogens (tertiary/aromatic N) is 4. The Morgan fingerprint density at radius 2 is 1.67 bits per heavy atom. The van der Waals surface area contributed by atoms with Gasteiger partial charge in [-0.1, -0.05) is 0 Å². The van der Waals surface area contributed by atoms with Crippen LogP contribution < -0.4 is 4.90 Å². The Hall–Kier alpha value is -2.43. The van der Waals surface area contributed by atoms with E-state index >= 15 is 0 Å². The van der Waals surface area contributed by atoms with E-state index in [0.717, 1.165) is 11.4 Å².